The highest BCUT2D eigenvalue weighted by Gasteiger charge is 2.12. The summed E-state index contributed by atoms with van der Waals surface area (Å²) in [7, 11) is 0. The summed E-state index contributed by atoms with van der Waals surface area (Å²) < 4.78 is 4.89. The van der Waals surface area contributed by atoms with Crippen LogP contribution in [0.15, 0.2) is 18.2 Å². The van der Waals surface area contributed by atoms with Crippen molar-refractivity contribution in [2.24, 2.45) is 0 Å². The lowest BCUT2D eigenvalue weighted by molar-refractivity contribution is -0.142. The van der Waals surface area contributed by atoms with Crippen molar-refractivity contribution in [2.75, 3.05) is 6.61 Å². The SMILES string of the molecule is CCOC(=O)Cc1nc(Cl)nc2cc(Cl)ccc12. The second kappa shape index (κ2) is 5.50. The lowest BCUT2D eigenvalue weighted by Crippen LogP contribution is -2.09. The van der Waals surface area contributed by atoms with Gasteiger partial charge in [-0.2, -0.15) is 0 Å². The van der Waals surface area contributed by atoms with Gasteiger partial charge in [-0.1, -0.05) is 11.6 Å². The highest BCUT2D eigenvalue weighted by atomic mass is 35.5. The van der Waals surface area contributed by atoms with E-state index in [9.17, 15) is 4.79 Å². The van der Waals surface area contributed by atoms with Crippen molar-refractivity contribution in [3.8, 4) is 0 Å². The van der Waals surface area contributed by atoms with Gasteiger partial charge >= 0.3 is 5.97 Å². The third kappa shape index (κ3) is 2.89. The molecule has 0 bridgehead atoms. The van der Waals surface area contributed by atoms with Crippen molar-refractivity contribution in [1.82, 2.24) is 9.97 Å². The van der Waals surface area contributed by atoms with Gasteiger partial charge in [0.2, 0.25) is 5.28 Å². The van der Waals surface area contributed by atoms with Crippen LogP contribution in [0.2, 0.25) is 10.3 Å². The van der Waals surface area contributed by atoms with E-state index in [2.05, 4.69) is 9.97 Å². The quantitative estimate of drug-likeness (QED) is 0.642. The van der Waals surface area contributed by atoms with Crippen molar-refractivity contribution < 1.29 is 9.53 Å². The van der Waals surface area contributed by atoms with Crippen LogP contribution in [-0.4, -0.2) is 22.5 Å². The first-order valence-electron chi connectivity index (χ1n) is 5.37. The van der Waals surface area contributed by atoms with Gasteiger partial charge in [0.05, 0.1) is 24.2 Å². The monoisotopic (exact) mass is 284 g/mol. The maximum absolute atomic E-state index is 11.5. The number of hydrogen-bond acceptors (Lipinski definition) is 4. The maximum atomic E-state index is 11.5. The number of fused-ring (bicyclic) bond motifs is 1. The molecule has 18 heavy (non-hydrogen) atoms. The number of carbonyl (C=O) groups excluding carboxylic acids is 1. The molecule has 0 radical (unpaired) electrons. The Morgan fingerprint density at radius 1 is 1.33 bits per heavy atom. The van der Waals surface area contributed by atoms with E-state index in [-0.39, 0.29) is 17.7 Å². The van der Waals surface area contributed by atoms with Crippen LogP contribution in [0.25, 0.3) is 10.9 Å². The van der Waals surface area contributed by atoms with E-state index in [4.69, 9.17) is 27.9 Å². The normalized spacial score (nSPS) is 10.6. The Morgan fingerprint density at radius 3 is 2.83 bits per heavy atom. The molecule has 1 aromatic heterocycles. The van der Waals surface area contributed by atoms with Crippen LogP contribution < -0.4 is 0 Å². The minimum absolute atomic E-state index is 0.0637. The molecular weight excluding hydrogens is 275 g/mol. The zero-order valence-corrected chi connectivity index (χ0v) is 11.1. The molecule has 94 valence electrons. The first-order chi connectivity index (χ1) is 8.60. The minimum Gasteiger partial charge on any atom is -0.466 e. The molecule has 2 rings (SSSR count). The highest BCUT2D eigenvalue weighted by Crippen LogP contribution is 2.22. The molecule has 4 nitrogen and oxygen atoms in total. The fourth-order valence-electron chi connectivity index (χ4n) is 1.62. The summed E-state index contributed by atoms with van der Waals surface area (Å²) in [5.41, 5.74) is 1.15. The average Bonchev–Trinajstić information content (AvgIpc) is 2.28. The second-order valence-corrected chi connectivity index (χ2v) is 4.36. The van der Waals surface area contributed by atoms with Crippen LogP contribution in [0.5, 0.6) is 0 Å². The molecule has 0 N–H and O–H groups in total. The van der Waals surface area contributed by atoms with Gasteiger partial charge in [0, 0.05) is 10.4 Å². The van der Waals surface area contributed by atoms with Crippen LogP contribution in [0, 0.1) is 0 Å². The summed E-state index contributed by atoms with van der Waals surface area (Å²) in [5, 5.41) is 1.39. The van der Waals surface area contributed by atoms with Crippen LogP contribution in [0.4, 0.5) is 0 Å². The van der Waals surface area contributed by atoms with Gasteiger partial charge in [0.1, 0.15) is 0 Å². The van der Waals surface area contributed by atoms with Gasteiger partial charge in [0.15, 0.2) is 0 Å². The van der Waals surface area contributed by atoms with E-state index in [1.807, 2.05) is 0 Å². The number of esters is 1. The summed E-state index contributed by atoms with van der Waals surface area (Å²) in [6.45, 7) is 2.09. The maximum Gasteiger partial charge on any atom is 0.311 e. The summed E-state index contributed by atoms with van der Waals surface area (Å²) in [5.74, 6) is -0.344. The summed E-state index contributed by atoms with van der Waals surface area (Å²) in [6, 6.07) is 5.16. The Morgan fingerprint density at radius 2 is 2.11 bits per heavy atom. The topological polar surface area (TPSA) is 52.1 Å². The molecule has 0 saturated heterocycles. The first-order valence-corrected chi connectivity index (χ1v) is 6.13. The number of aromatic nitrogens is 2. The van der Waals surface area contributed by atoms with E-state index in [0.29, 0.717) is 22.8 Å². The highest BCUT2D eigenvalue weighted by molar-refractivity contribution is 6.31. The molecular formula is C12H10Cl2N2O2. The number of rotatable bonds is 3. The molecule has 0 atom stereocenters. The van der Waals surface area contributed by atoms with Gasteiger partial charge < -0.3 is 4.74 Å². The molecule has 2 aromatic rings. The number of halogens is 2. The Hall–Kier alpha value is -1.39. The Balaban J connectivity index is 2.46. The van der Waals surface area contributed by atoms with Crippen molar-refractivity contribution in [3.05, 3.63) is 34.2 Å². The lowest BCUT2D eigenvalue weighted by Gasteiger charge is -2.06. The fraction of sp³-hybridized carbons (Fsp3) is 0.250. The number of ether oxygens (including phenoxy) is 1. The molecule has 6 heteroatoms. The van der Waals surface area contributed by atoms with Gasteiger partial charge in [0.25, 0.3) is 0 Å². The Labute approximate surface area is 114 Å². The van der Waals surface area contributed by atoms with Crippen molar-refractivity contribution >= 4 is 40.1 Å². The second-order valence-electron chi connectivity index (χ2n) is 3.58. The third-order valence-corrected chi connectivity index (χ3v) is 2.73. The first kappa shape index (κ1) is 13.1. The number of hydrogen-bond donors (Lipinski definition) is 0. The van der Waals surface area contributed by atoms with Gasteiger partial charge in [-0.05, 0) is 36.7 Å². The molecule has 1 aromatic carbocycles. The van der Waals surface area contributed by atoms with Gasteiger partial charge in [-0.15, -0.1) is 0 Å². The number of benzene rings is 1. The molecule has 0 unspecified atom stereocenters. The van der Waals surface area contributed by atoms with Crippen LogP contribution >= 0.6 is 23.2 Å². The molecule has 0 amide bonds. The van der Waals surface area contributed by atoms with E-state index in [1.165, 1.54) is 0 Å². The van der Waals surface area contributed by atoms with E-state index < -0.39 is 0 Å². The van der Waals surface area contributed by atoms with Crippen LogP contribution in [0.1, 0.15) is 12.6 Å². The molecule has 0 aliphatic carbocycles. The molecule has 0 spiro atoms. The predicted molar refractivity (Wildman–Crippen MR) is 69.9 cm³/mol. The van der Waals surface area contributed by atoms with Crippen LogP contribution in [-0.2, 0) is 16.0 Å². The summed E-state index contributed by atoms with van der Waals surface area (Å²) in [4.78, 5) is 19.6. The fourth-order valence-corrected chi connectivity index (χ4v) is 1.98. The zero-order valence-electron chi connectivity index (χ0n) is 9.61. The number of carbonyl (C=O) groups is 1. The molecule has 0 fully saturated rings. The largest absolute Gasteiger partial charge is 0.466 e. The lowest BCUT2D eigenvalue weighted by atomic mass is 10.1. The third-order valence-electron chi connectivity index (χ3n) is 2.33. The van der Waals surface area contributed by atoms with Crippen molar-refractivity contribution in [1.29, 1.82) is 0 Å². The minimum atomic E-state index is -0.344. The van der Waals surface area contributed by atoms with Gasteiger partial charge in [-0.3, -0.25) is 4.79 Å². The summed E-state index contributed by atoms with van der Waals surface area (Å²) in [6.07, 6.45) is 0.0637. The summed E-state index contributed by atoms with van der Waals surface area (Å²) >= 11 is 11.7. The Kier molecular flexibility index (Phi) is 3.99. The molecule has 0 aliphatic heterocycles. The van der Waals surface area contributed by atoms with E-state index in [0.717, 1.165) is 5.39 Å². The predicted octanol–water partition coefficient (Wildman–Crippen LogP) is 3.04. The van der Waals surface area contributed by atoms with Crippen LogP contribution in [0.3, 0.4) is 0 Å². The smallest absolute Gasteiger partial charge is 0.311 e. The zero-order chi connectivity index (χ0) is 13.1. The Bertz CT molecular complexity index is 597. The average molecular weight is 285 g/mol. The molecule has 1 heterocycles. The van der Waals surface area contributed by atoms with E-state index >= 15 is 0 Å². The van der Waals surface area contributed by atoms with Crippen molar-refractivity contribution in [3.63, 3.8) is 0 Å². The molecule has 0 saturated carbocycles. The number of nitrogens with zero attached hydrogens (tertiary/aromatic N) is 2. The van der Waals surface area contributed by atoms with Crippen molar-refractivity contribution in [2.45, 2.75) is 13.3 Å². The standard InChI is InChI=1S/C12H10Cl2N2O2/c1-2-18-11(17)6-10-8-4-3-7(13)5-9(8)15-12(14)16-10/h3-5H,2,6H2,1H3. The van der Waals surface area contributed by atoms with E-state index in [1.54, 1.807) is 25.1 Å². The van der Waals surface area contributed by atoms with Gasteiger partial charge in [-0.25, -0.2) is 9.97 Å². The molecule has 0 aliphatic rings.